The summed E-state index contributed by atoms with van der Waals surface area (Å²) in [5.41, 5.74) is 1.55. The second-order valence-corrected chi connectivity index (χ2v) is 6.13. The predicted octanol–water partition coefficient (Wildman–Crippen LogP) is 5.06. The third kappa shape index (κ3) is 5.99. The minimum atomic E-state index is 0.0494. The molecule has 128 valence electrons. The smallest absolute Gasteiger partial charge is 0.165 e. The molecule has 0 aliphatic rings. The van der Waals surface area contributed by atoms with Crippen molar-refractivity contribution in [1.82, 2.24) is 0 Å². The number of carbonyl (C=O) groups is 2. The highest BCUT2D eigenvalue weighted by Crippen LogP contribution is 2.14. The Kier molecular flexibility index (Phi) is 7.90. The highest BCUT2D eigenvalue weighted by molar-refractivity contribution is 5.97. The van der Waals surface area contributed by atoms with Crippen molar-refractivity contribution in [2.24, 2.45) is 11.8 Å². The van der Waals surface area contributed by atoms with E-state index in [4.69, 9.17) is 4.74 Å². The van der Waals surface area contributed by atoms with Gasteiger partial charge in [-0.1, -0.05) is 58.0 Å². The topological polar surface area (TPSA) is 43.4 Å². The first-order valence-corrected chi connectivity index (χ1v) is 8.14. The van der Waals surface area contributed by atoms with Crippen LogP contribution < -0.4 is 4.74 Å². The molecule has 0 saturated carbocycles. The van der Waals surface area contributed by atoms with Crippen LogP contribution in [0.1, 0.15) is 48.4 Å². The molecule has 0 N–H and O–H groups in total. The van der Waals surface area contributed by atoms with Crippen molar-refractivity contribution in [3.63, 3.8) is 0 Å². The summed E-state index contributed by atoms with van der Waals surface area (Å²) in [6, 6.07) is 16.6. The fraction of sp³-hybridized carbons (Fsp3) is 0.333. The Labute approximate surface area is 144 Å². The first-order valence-electron chi connectivity index (χ1n) is 8.14. The largest absolute Gasteiger partial charge is 0.497 e. The second kappa shape index (κ2) is 9.66. The van der Waals surface area contributed by atoms with E-state index in [1.165, 1.54) is 0 Å². The van der Waals surface area contributed by atoms with Crippen molar-refractivity contribution >= 4 is 11.6 Å². The SMILES string of the molecule is CC(C)C(=O)c1ccccc1.COc1ccc(C(=O)C(C)C)cc1. The van der Waals surface area contributed by atoms with E-state index in [0.29, 0.717) is 0 Å². The molecule has 0 spiro atoms. The van der Waals surface area contributed by atoms with Gasteiger partial charge in [-0.15, -0.1) is 0 Å². The summed E-state index contributed by atoms with van der Waals surface area (Å²) in [5.74, 6) is 1.30. The number of rotatable bonds is 5. The van der Waals surface area contributed by atoms with Crippen LogP contribution in [-0.4, -0.2) is 18.7 Å². The summed E-state index contributed by atoms with van der Waals surface area (Å²) >= 11 is 0. The molecule has 2 rings (SSSR count). The van der Waals surface area contributed by atoms with E-state index in [1.54, 1.807) is 31.4 Å². The molecule has 0 aliphatic carbocycles. The minimum Gasteiger partial charge on any atom is -0.497 e. The molecule has 0 atom stereocenters. The molecule has 0 saturated heterocycles. The Hall–Kier alpha value is -2.42. The number of methoxy groups -OCH3 is 1. The number of ketones is 2. The van der Waals surface area contributed by atoms with E-state index < -0.39 is 0 Å². The normalized spacial score (nSPS) is 10.1. The molecule has 2 aromatic carbocycles. The summed E-state index contributed by atoms with van der Waals surface area (Å²) in [6.07, 6.45) is 0. The fourth-order valence-corrected chi connectivity index (χ4v) is 2.02. The van der Waals surface area contributed by atoms with Crippen molar-refractivity contribution < 1.29 is 14.3 Å². The van der Waals surface area contributed by atoms with Gasteiger partial charge in [-0.3, -0.25) is 9.59 Å². The van der Waals surface area contributed by atoms with Gasteiger partial charge in [0.1, 0.15) is 5.75 Å². The number of hydrogen-bond donors (Lipinski definition) is 0. The summed E-state index contributed by atoms with van der Waals surface area (Å²) in [4.78, 5) is 22.8. The molecule has 0 radical (unpaired) electrons. The lowest BCUT2D eigenvalue weighted by Gasteiger charge is -2.04. The van der Waals surface area contributed by atoms with Crippen LogP contribution in [0, 0.1) is 11.8 Å². The molecule has 0 fully saturated rings. The average Bonchev–Trinajstić information content (AvgIpc) is 2.61. The van der Waals surface area contributed by atoms with Gasteiger partial charge in [0, 0.05) is 23.0 Å². The molecule has 3 nitrogen and oxygen atoms in total. The van der Waals surface area contributed by atoms with E-state index in [1.807, 2.05) is 58.0 Å². The van der Waals surface area contributed by atoms with Crippen LogP contribution in [0.4, 0.5) is 0 Å². The zero-order chi connectivity index (χ0) is 18.1. The highest BCUT2D eigenvalue weighted by atomic mass is 16.5. The van der Waals surface area contributed by atoms with Crippen molar-refractivity contribution in [1.29, 1.82) is 0 Å². The summed E-state index contributed by atoms with van der Waals surface area (Å²) < 4.78 is 5.00. The molecule has 24 heavy (non-hydrogen) atoms. The number of ether oxygens (including phenoxy) is 1. The van der Waals surface area contributed by atoms with Gasteiger partial charge < -0.3 is 4.74 Å². The molecule has 0 heterocycles. The van der Waals surface area contributed by atoms with Gasteiger partial charge in [0.15, 0.2) is 11.6 Å². The molecular formula is C21H26O3. The van der Waals surface area contributed by atoms with Gasteiger partial charge in [-0.2, -0.15) is 0 Å². The highest BCUT2D eigenvalue weighted by Gasteiger charge is 2.09. The van der Waals surface area contributed by atoms with E-state index in [0.717, 1.165) is 16.9 Å². The Bertz CT molecular complexity index is 641. The van der Waals surface area contributed by atoms with Gasteiger partial charge in [0.05, 0.1) is 7.11 Å². The lowest BCUT2D eigenvalue weighted by atomic mass is 10.0. The van der Waals surface area contributed by atoms with E-state index in [-0.39, 0.29) is 23.4 Å². The van der Waals surface area contributed by atoms with Gasteiger partial charge in [0.25, 0.3) is 0 Å². The van der Waals surface area contributed by atoms with Crippen molar-refractivity contribution in [3.05, 3.63) is 65.7 Å². The maximum Gasteiger partial charge on any atom is 0.165 e. The molecular weight excluding hydrogens is 300 g/mol. The van der Waals surface area contributed by atoms with Crippen LogP contribution in [0.3, 0.4) is 0 Å². The standard InChI is InChI=1S/C11H14O2.C10H12O/c1-8(2)11(12)9-4-6-10(13-3)7-5-9;1-8(2)10(11)9-6-4-3-5-7-9/h4-8H,1-3H3;3-8H,1-2H3. The predicted molar refractivity (Wildman–Crippen MR) is 97.8 cm³/mol. The van der Waals surface area contributed by atoms with Gasteiger partial charge in [-0.05, 0) is 24.3 Å². The third-order valence-corrected chi connectivity index (χ3v) is 3.48. The molecule has 0 aliphatic heterocycles. The Morgan fingerprint density at radius 2 is 1.12 bits per heavy atom. The van der Waals surface area contributed by atoms with Crippen molar-refractivity contribution in [3.8, 4) is 5.75 Å². The second-order valence-electron chi connectivity index (χ2n) is 6.13. The minimum absolute atomic E-state index is 0.0494. The van der Waals surface area contributed by atoms with E-state index in [2.05, 4.69) is 0 Å². The molecule has 3 heteroatoms. The van der Waals surface area contributed by atoms with Crippen LogP contribution in [0.25, 0.3) is 0 Å². The summed E-state index contributed by atoms with van der Waals surface area (Å²) in [7, 11) is 1.61. The first kappa shape index (κ1) is 19.6. The summed E-state index contributed by atoms with van der Waals surface area (Å²) in [5, 5.41) is 0. The number of carbonyl (C=O) groups excluding carboxylic acids is 2. The lowest BCUT2D eigenvalue weighted by molar-refractivity contribution is 0.0932. The zero-order valence-corrected chi connectivity index (χ0v) is 15.1. The Morgan fingerprint density at radius 3 is 1.50 bits per heavy atom. The van der Waals surface area contributed by atoms with Crippen LogP contribution >= 0.6 is 0 Å². The van der Waals surface area contributed by atoms with Crippen LogP contribution in [0.2, 0.25) is 0 Å². The molecule has 0 amide bonds. The fourth-order valence-electron chi connectivity index (χ4n) is 2.02. The summed E-state index contributed by atoms with van der Waals surface area (Å²) in [6.45, 7) is 7.61. The Morgan fingerprint density at radius 1 is 0.708 bits per heavy atom. The monoisotopic (exact) mass is 326 g/mol. The molecule has 2 aromatic rings. The molecule has 0 unspecified atom stereocenters. The lowest BCUT2D eigenvalue weighted by Crippen LogP contribution is -2.06. The zero-order valence-electron chi connectivity index (χ0n) is 15.1. The maximum atomic E-state index is 11.5. The van der Waals surface area contributed by atoms with Crippen LogP contribution in [-0.2, 0) is 0 Å². The Balaban J connectivity index is 0.000000243. The average molecular weight is 326 g/mol. The van der Waals surface area contributed by atoms with Crippen molar-refractivity contribution in [2.45, 2.75) is 27.7 Å². The van der Waals surface area contributed by atoms with Gasteiger partial charge in [-0.25, -0.2) is 0 Å². The molecule has 0 bridgehead atoms. The third-order valence-electron chi connectivity index (χ3n) is 3.48. The quantitative estimate of drug-likeness (QED) is 0.721. The number of hydrogen-bond acceptors (Lipinski definition) is 3. The van der Waals surface area contributed by atoms with E-state index >= 15 is 0 Å². The number of benzene rings is 2. The van der Waals surface area contributed by atoms with Crippen LogP contribution in [0.15, 0.2) is 54.6 Å². The van der Waals surface area contributed by atoms with E-state index in [9.17, 15) is 9.59 Å². The first-order chi connectivity index (χ1) is 11.4. The maximum absolute atomic E-state index is 11.5. The number of Topliss-reactive ketones (excluding diaryl/α,β-unsaturated/α-hetero) is 2. The molecule has 0 aromatic heterocycles. The van der Waals surface area contributed by atoms with Gasteiger partial charge >= 0.3 is 0 Å². The van der Waals surface area contributed by atoms with Crippen molar-refractivity contribution in [2.75, 3.05) is 7.11 Å². The van der Waals surface area contributed by atoms with Crippen LogP contribution in [0.5, 0.6) is 5.75 Å². The van der Waals surface area contributed by atoms with Gasteiger partial charge in [0.2, 0.25) is 0 Å².